The summed E-state index contributed by atoms with van der Waals surface area (Å²) >= 11 is 3.46. The highest BCUT2D eigenvalue weighted by Gasteiger charge is 2.17. The molecule has 2 amide bonds. The van der Waals surface area contributed by atoms with Gasteiger partial charge in [-0.25, -0.2) is 0 Å². The van der Waals surface area contributed by atoms with Crippen LogP contribution in [-0.4, -0.2) is 37.1 Å². The lowest BCUT2D eigenvalue weighted by Gasteiger charge is -2.18. The van der Waals surface area contributed by atoms with Gasteiger partial charge in [0.1, 0.15) is 0 Å². The number of benzene rings is 2. The standard InChI is InChI=1S/C18H17BrN2O4/c1-21(10-13-4-2-3-5-14(13)19)17(22)9-20-18(23)12-6-7-15-16(8-12)25-11-24-15/h2-8H,9-11H2,1H3,(H,20,23). The van der Waals surface area contributed by atoms with Gasteiger partial charge in [0.05, 0.1) is 6.54 Å². The molecule has 1 N–H and O–H groups in total. The van der Waals surface area contributed by atoms with E-state index in [0.29, 0.717) is 23.6 Å². The van der Waals surface area contributed by atoms with Gasteiger partial charge in [-0.1, -0.05) is 34.1 Å². The summed E-state index contributed by atoms with van der Waals surface area (Å²) in [5, 5.41) is 2.63. The maximum Gasteiger partial charge on any atom is 0.251 e. The Kier molecular flexibility index (Phi) is 5.23. The van der Waals surface area contributed by atoms with E-state index in [2.05, 4.69) is 21.2 Å². The van der Waals surface area contributed by atoms with Crippen molar-refractivity contribution in [1.29, 1.82) is 0 Å². The molecule has 0 unspecified atom stereocenters. The van der Waals surface area contributed by atoms with Crippen molar-refractivity contribution in [1.82, 2.24) is 10.2 Å². The number of hydrogen-bond donors (Lipinski definition) is 1. The number of fused-ring (bicyclic) bond motifs is 1. The number of ether oxygens (including phenoxy) is 2. The van der Waals surface area contributed by atoms with Crippen molar-refractivity contribution in [3.05, 3.63) is 58.1 Å². The number of amides is 2. The van der Waals surface area contributed by atoms with E-state index in [1.165, 1.54) is 0 Å². The zero-order chi connectivity index (χ0) is 17.8. The predicted octanol–water partition coefficient (Wildman–Crippen LogP) is 2.57. The number of hydrogen-bond acceptors (Lipinski definition) is 4. The van der Waals surface area contributed by atoms with Gasteiger partial charge in [-0.3, -0.25) is 9.59 Å². The highest BCUT2D eigenvalue weighted by molar-refractivity contribution is 9.10. The maximum atomic E-state index is 12.2. The zero-order valence-electron chi connectivity index (χ0n) is 13.6. The molecule has 0 spiro atoms. The molecule has 0 radical (unpaired) electrons. The summed E-state index contributed by atoms with van der Waals surface area (Å²) in [5.41, 5.74) is 1.42. The number of nitrogens with one attached hydrogen (secondary N) is 1. The van der Waals surface area contributed by atoms with E-state index in [4.69, 9.17) is 9.47 Å². The largest absolute Gasteiger partial charge is 0.454 e. The number of carbonyl (C=O) groups is 2. The maximum absolute atomic E-state index is 12.2. The molecule has 0 fully saturated rings. The molecule has 0 atom stereocenters. The monoisotopic (exact) mass is 404 g/mol. The van der Waals surface area contributed by atoms with E-state index in [-0.39, 0.29) is 25.2 Å². The molecule has 2 aromatic rings. The van der Waals surface area contributed by atoms with Crippen molar-refractivity contribution in [2.24, 2.45) is 0 Å². The van der Waals surface area contributed by atoms with E-state index >= 15 is 0 Å². The summed E-state index contributed by atoms with van der Waals surface area (Å²) in [7, 11) is 1.70. The smallest absolute Gasteiger partial charge is 0.251 e. The Morgan fingerprint density at radius 2 is 1.92 bits per heavy atom. The van der Waals surface area contributed by atoms with E-state index in [9.17, 15) is 9.59 Å². The molecule has 0 aliphatic carbocycles. The summed E-state index contributed by atoms with van der Waals surface area (Å²) in [4.78, 5) is 26.0. The molecule has 130 valence electrons. The molecule has 7 heteroatoms. The fourth-order valence-electron chi connectivity index (χ4n) is 2.40. The topological polar surface area (TPSA) is 67.9 Å². The highest BCUT2D eigenvalue weighted by Crippen LogP contribution is 2.32. The first kappa shape index (κ1) is 17.3. The summed E-state index contributed by atoms with van der Waals surface area (Å²) in [6.45, 7) is 0.535. The van der Waals surface area contributed by atoms with Gasteiger partial charge in [0.15, 0.2) is 11.5 Å². The molecule has 0 saturated heterocycles. The quantitative estimate of drug-likeness (QED) is 0.831. The molecule has 6 nitrogen and oxygen atoms in total. The predicted molar refractivity (Wildman–Crippen MR) is 95.5 cm³/mol. The second-order valence-corrected chi connectivity index (χ2v) is 6.45. The van der Waals surface area contributed by atoms with E-state index in [0.717, 1.165) is 10.0 Å². The molecule has 1 aliphatic rings. The summed E-state index contributed by atoms with van der Waals surface area (Å²) < 4.78 is 11.4. The van der Waals surface area contributed by atoms with Crippen LogP contribution >= 0.6 is 15.9 Å². The van der Waals surface area contributed by atoms with Gasteiger partial charge in [-0.2, -0.15) is 0 Å². The van der Waals surface area contributed by atoms with Crippen molar-refractivity contribution in [2.45, 2.75) is 6.54 Å². The molecule has 1 aliphatic heterocycles. The Bertz CT molecular complexity index is 809. The second kappa shape index (κ2) is 7.57. The van der Waals surface area contributed by atoms with Crippen LogP contribution in [0.1, 0.15) is 15.9 Å². The minimum absolute atomic E-state index is 0.0752. The Balaban J connectivity index is 1.54. The zero-order valence-corrected chi connectivity index (χ0v) is 15.2. The SMILES string of the molecule is CN(Cc1ccccc1Br)C(=O)CNC(=O)c1ccc2c(c1)OCO2. The fraction of sp³-hybridized carbons (Fsp3) is 0.222. The summed E-state index contributed by atoms with van der Waals surface area (Å²) in [6.07, 6.45) is 0. The lowest BCUT2D eigenvalue weighted by atomic mass is 10.2. The van der Waals surface area contributed by atoms with Crippen molar-refractivity contribution in [3.8, 4) is 11.5 Å². The van der Waals surface area contributed by atoms with E-state index < -0.39 is 0 Å². The third-order valence-electron chi connectivity index (χ3n) is 3.83. The molecular weight excluding hydrogens is 388 g/mol. The minimum Gasteiger partial charge on any atom is -0.454 e. The molecule has 2 aromatic carbocycles. The van der Waals surface area contributed by atoms with Crippen LogP contribution in [0.4, 0.5) is 0 Å². The van der Waals surface area contributed by atoms with Crippen LogP contribution in [-0.2, 0) is 11.3 Å². The molecule has 25 heavy (non-hydrogen) atoms. The van der Waals surface area contributed by atoms with Crippen LogP contribution in [0.15, 0.2) is 46.9 Å². The van der Waals surface area contributed by atoms with E-state index in [1.54, 1.807) is 30.1 Å². The second-order valence-electron chi connectivity index (χ2n) is 5.59. The van der Waals surface area contributed by atoms with Gasteiger partial charge in [0.25, 0.3) is 5.91 Å². The molecule has 3 rings (SSSR count). The number of likely N-dealkylation sites (N-methyl/N-ethyl adjacent to an activating group) is 1. The molecular formula is C18H17BrN2O4. The number of halogens is 1. The normalized spacial score (nSPS) is 11.9. The Morgan fingerprint density at radius 1 is 1.16 bits per heavy atom. The van der Waals surface area contributed by atoms with Crippen LogP contribution in [0, 0.1) is 0 Å². The third-order valence-corrected chi connectivity index (χ3v) is 4.60. The Morgan fingerprint density at radius 3 is 2.72 bits per heavy atom. The van der Waals surface area contributed by atoms with Crippen LogP contribution in [0.5, 0.6) is 11.5 Å². The summed E-state index contributed by atoms with van der Waals surface area (Å²) in [5.74, 6) is 0.636. The van der Waals surface area contributed by atoms with Gasteiger partial charge in [-0.15, -0.1) is 0 Å². The first-order chi connectivity index (χ1) is 12.0. The Hall–Kier alpha value is -2.54. The summed E-state index contributed by atoms with van der Waals surface area (Å²) in [6, 6.07) is 12.6. The van der Waals surface area contributed by atoms with Crippen LogP contribution in [0.25, 0.3) is 0 Å². The van der Waals surface area contributed by atoms with Crippen molar-refractivity contribution >= 4 is 27.7 Å². The van der Waals surface area contributed by atoms with Gasteiger partial charge < -0.3 is 19.7 Å². The van der Waals surface area contributed by atoms with Gasteiger partial charge in [0, 0.05) is 23.6 Å². The van der Waals surface area contributed by atoms with Gasteiger partial charge >= 0.3 is 0 Å². The molecule has 0 bridgehead atoms. The van der Waals surface area contributed by atoms with Crippen LogP contribution in [0.2, 0.25) is 0 Å². The van der Waals surface area contributed by atoms with Crippen molar-refractivity contribution in [2.75, 3.05) is 20.4 Å². The number of rotatable bonds is 5. The first-order valence-corrected chi connectivity index (χ1v) is 8.49. The first-order valence-electron chi connectivity index (χ1n) is 7.70. The number of nitrogens with zero attached hydrogens (tertiary/aromatic N) is 1. The third kappa shape index (κ3) is 4.11. The average molecular weight is 405 g/mol. The molecule has 0 saturated carbocycles. The van der Waals surface area contributed by atoms with Crippen LogP contribution in [0.3, 0.4) is 0 Å². The van der Waals surface area contributed by atoms with Crippen molar-refractivity contribution in [3.63, 3.8) is 0 Å². The average Bonchev–Trinajstić information content (AvgIpc) is 3.08. The van der Waals surface area contributed by atoms with Crippen molar-refractivity contribution < 1.29 is 19.1 Å². The van der Waals surface area contributed by atoms with Crippen LogP contribution < -0.4 is 14.8 Å². The lowest BCUT2D eigenvalue weighted by molar-refractivity contribution is -0.129. The Labute approximate surface area is 153 Å². The lowest BCUT2D eigenvalue weighted by Crippen LogP contribution is -2.37. The van der Waals surface area contributed by atoms with E-state index in [1.807, 2.05) is 24.3 Å². The minimum atomic E-state index is -0.332. The fourth-order valence-corrected chi connectivity index (χ4v) is 2.81. The van der Waals surface area contributed by atoms with Gasteiger partial charge in [0.2, 0.25) is 12.7 Å². The highest BCUT2D eigenvalue weighted by atomic mass is 79.9. The van der Waals surface area contributed by atoms with Gasteiger partial charge in [-0.05, 0) is 29.8 Å². The molecule has 0 aromatic heterocycles. The number of carbonyl (C=O) groups excluding carboxylic acids is 2. The molecule has 1 heterocycles.